The van der Waals surface area contributed by atoms with Gasteiger partial charge in [-0.3, -0.25) is 9.36 Å². The zero-order valence-corrected chi connectivity index (χ0v) is 14.5. The standard InChI is InChI=1S/C16H21N3O3S/c1-5-9(2)13(15(21)22)18-14(20)12-8-10(3)19(11(12)4)16-17-6-7-23-16/h6-9,13H,5H2,1-4H3,(H,18,20)(H,21,22). The number of thiazole rings is 1. The number of aliphatic carboxylic acids is 1. The second-order valence-electron chi connectivity index (χ2n) is 5.61. The first-order valence-corrected chi connectivity index (χ1v) is 8.37. The Balaban J connectivity index is 2.30. The van der Waals surface area contributed by atoms with E-state index in [2.05, 4.69) is 10.3 Å². The maximum Gasteiger partial charge on any atom is 0.326 e. The van der Waals surface area contributed by atoms with Crippen molar-refractivity contribution in [3.05, 3.63) is 34.6 Å². The van der Waals surface area contributed by atoms with Crippen LogP contribution in [0.2, 0.25) is 0 Å². The van der Waals surface area contributed by atoms with Gasteiger partial charge in [-0.2, -0.15) is 0 Å². The van der Waals surface area contributed by atoms with Gasteiger partial charge in [-0.25, -0.2) is 9.78 Å². The minimum Gasteiger partial charge on any atom is -0.480 e. The Morgan fingerprint density at radius 2 is 2.13 bits per heavy atom. The Morgan fingerprint density at radius 3 is 2.65 bits per heavy atom. The first kappa shape index (κ1) is 17.2. The summed E-state index contributed by atoms with van der Waals surface area (Å²) in [6, 6.07) is 0.872. The molecule has 6 nitrogen and oxygen atoms in total. The van der Waals surface area contributed by atoms with Crippen molar-refractivity contribution in [2.75, 3.05) is 0 Å². The zero-order valence-electron chi connectivity index (χ0n) is 13.7. The molecule has 0 aliphatic carbocycles. The maximum atomic E-state index is 12.5. The molecule has 7 heteroatoms. The van der Waals surface area contributed by atoms with Crippen LogP contribution in [0.15, 0.2) is 17.6 Å². The van der Waals surface area contributed by atoms with Gasteiger partial charge in [0.1, 0.15) is 6.04 Å². The number of aromatic nitrogens is 2. The predicted molar refractivity (Wildman–Crippen MR) is 89.3 cm³/mol. The monoisotopic (exact) mass is 335 g/mol. The van der Waals surface area contributed by atoms with Gasteiger partial charge in [-0.15, -0.1) is 11.3 Å². The van der Waals surface area contributed by atoms with E-state index in [-0.39, 0.29) is 11.8 Å². The molecular formula is C16H21N3O3S. The lowest BCUT2D eigenvalue weighted by molar-refractivity contribution is -0.140. The van der Waals surface area contributed by atoms with Crippen LogP contribution in [-0.2, 0) is 4.79 Å². The van der Waals surface area contributed by atoms with E-state index in [1.54, 1.807) is 12.3 Å². The van der Waals surface area contributed by atoms with Crippen LogP contribution in [-0.4, -0.2) is 32.6 Å². The molecule has 0 saturated heterocycles. The number of nitrogens with zero attached hydrogens (tertiary/aromatic N) is 2. The summed E-state index contributed by atoms with van der Waals surface area (Å²) in [6.07, 6.45) is 2.39. The summed E-state index contributed by atoms with van der Waals surface area (Å²) in [5.41, 5.74) is 2.12. The van der Waals surface area contributed by atoms with Gasteiger partial charge in [0, 0.05) is 23.0 Å². The van der Waals surface area contributed by atoms with Crippen LogP contribution in [0.1, 0.15) is 42.0 Å². The largest absolute Gasteiger partial charge is 0.480 e. The fraction of sp³-hybridized carbons (Fsp3) is 0.438. The van der Waals surface area contributed by atoms with E-state index in [1.807, 2.05) is 37.6 Å². The Kier molecular flexibility index (Phi) is 5.20. The number of rotatable bonds is 6. The van der Waals surface area contributed by atoms with Crippen molar-refractivity contribution in [3.63, 3.8) is 0 Å². The fourth-order valence-electron chi connectivity index (χ4n) is 2.52. The lowest BCUT2D eigenvalue weighted by atomic mass is 9.99. The van der Waals surface area contributed by atoms with E-state index >= 15 is 0 Å². The molecule has 2 atom stereocenters. The minimum absolute atomic E-state index is 0.140. The average Bonchev–Trinajstić information content (AvgIpc) is 3.11. The molecule has 0 bridgehead atoms. The first-order valence-electron chi connectivity index (χ1n) is 7.49. The van der Waals surface area contributed by atoms with Gasteiger partial charge in [-0.1, -0.05) is 20.3 Å². The van der Waals surface area contributed by atoms with E-state index in [1.165, 1.54) is 11.3 Å². The third-order valence-electron chi connectivity index (χ3n) is 4.05. The van der Waals surface area contributed by atoms with Gasteiger partial charge >= 0.3 is 5.97 Å². The van der Waals surface area contributed by atoms with E-state index in [9.17, 15) is 14.7 Å². The van der Waals surface area contributed by atoms with E-state index in [4.69, 9.17) is 0 Å². The number of carboxylic acids is 1. The molecule has 2 rings (SSSR count). The van der Waals surface area contributed by atoms with Gasteiger partial charge in [0.05, 0.1) is 5.56 Å². The number of hydrogen-bond acceptors (Lipinski definition) is 4. The summed E-state index contributed by atoms with van der Waals surface area (Å²) in [4.78, 5) is 28.2. The topological polar surface area (TPSA) is 84.2 Å². The molecule has 2 aromatic heterocycles. The molecule has 0 fully saturated rings. The van der Waals surface area contributed by atoms with Gasteiger partial charge < -0.3 is 10.4 Å². The molecular weight excluding hydrogens is 314 g/mol. The Hall–Kier alpha value is -2.15. The number of hydrogen-bond donors (Lipinski definition) is 2. The second kappa shape index (κ2) is 6.95. The predicted octanol–water partition coefficient (Wildman–Crippen LogP) is 2.78. The summed E-state index contributed by atoms with van der Waals surface area (Å²) in [5, 5.41) is 14.6. The van der Waals surface area contributed by atoms with E-state index in [0.717, 1.165) is 16.5 Å². The lowest BCUT2D eigenvalue weighted by Crippen LogP contribution is -2.45. The van der Waals surface area contributed by atoms with Crippen molar-refractivity contribution >= 4 is 23.2 Å². The third kappa shape index (κ3) is 3.44. The van der Waals surface area contributed by atoms with Crippen molar-refractivity contribution < 1.29 is 14.7 Å². The van der Waals surface area contributed by atoms with Crippen LogP contribution in [0.5, 0.6) is 0 Å². The molecule has 23 heavy (non-hydrogen) atoms. The Labute approximate surface area is 139 Å². The van der Waals surface area contributed by atoms with Crippen molar-refractivity contribution in [3.8, 4) is 5.13 Å². The minimum atomic E-state index is -1.01. The maximum absolute atomic E-state index is 12.5. The van der Waals surface area contributed by atoms with E-state index < -0.39 is 12.0 Å². The first-order chi connectivity index (χ1) is 10.9. The van der Waals surface area contributed by atoms with Crippen LogP contribution < -0.4 is 5.32 Å². The molecule has 0 radical (unpaired) electrons. The second-order valence-corrected chi connectivity index (χ2v) is 6.48. The number of aryl methyl sites for hydroxylation is 1. The van der Waals surface area contributed by atoms with Crippen LogP contribution in [0.25, 0.3) is 5.13 Å². The number of amides is 1. The molecule has 0 aromatic carbocycles. The summed E-state index contributed by atoms with van der Waals surface area (Å²) >= 11 is 1.48. The summed E-state index contributed by atoms with van der Waals surface area (Å²) in [6.45, 7) is 7.45. The molecule has 2 aromatic rings. The number of carbonyl (C=O) groups is 2. The summed E-state index contributed by atoms with van der Waals surface area (Å²) in [7, 11) is 0. The van der Waals surface area contributed by atoms with Gasteiger partial charge in [0.25, 0.3) is 5.91 Å². The van der Waals surface area contributed by atoms with Crippen molar-refractivity contribution in [1.29, 1.82) is 0 Å². The highest BCUT2D eigenvalue weighted by Crippen LogP contribution is 2.22. The zero-order chi connectivity index (χ0) is 17.1. The average molecular weight is 335 g/mol. The molecule has 1 amide bonds. The molecule has 0 aliphatic heterocycles. The molecule has 0 spiro atoms. The smallest absolute Gasteiger partial charge is 0.326 e. The van der Waals surface area contributed by atoms with Crippen LogP contribution >= 0.6 is 11.3 Å². The van der Waals surface area contributed by atoms with Crippen molar-refractivity contribution in [1.82, 2.24) is 14.9 Å². The van der Waals surface area contributed by atoms with E-state index in [0.29, 0.717) is 12.0 Å². The van der Waals surface area contributed by atoms with Crippen LogP contribution in [0.3, 0.4) is 0 Å². The Bertz CT molecular complexity index is 706. The fourth-order valence-corrected chi connectivity index (χ4v) is 3.27. The van der Waals surface area contributed by atoms with Gasteiger partial charge in [0.2, 0.25) is 0 Å². The van der Waals surface area contributed by atoms with Crippen molar-refractivity contribution in [2.45, 2.75) is 40.2 Å². The quantitative estimate of drug-likeness (QED) is 0.850. The molecule has 2 unspecified atom stereocenters. The summed E-state index contributed by atoms with van der Waals surface area (Å²) in [5.74, 6) is -1.52. The molecule has 0 aliphatic rings. The van der Waals surface area contributed by atoms with Crippen LogP contribution in [0.4, 0.5) is 0 Å². The third-order valence-corrected chi connectivity index (χ3v) is 4.81. The Morgan fingerprint density at radius 1 is 1.43 bits per heavy atom. The van der Waals surface area contributed by atoms with Crippen molar-refractivity contribution in [2.24, 2.45) is 5.92 Å². The molecule has 124 valence electrons. The number of carboxylic acid groups (broad SMARTS) is 1. The number of carbonyl (C=O) groups excluding carboxylic acids is 1. The SMILES string of the molecule is CCC(C)C(NC(=O)c1cc(C)n(-c2nccs2)c1C)C(=O)O. The lowest BCUT2D eigenvalue weighted by Gasteiger charge is -2.20. The normalized spacial score (nSPS) is 13.6. The van der Waals surface area contributed by atoms with Gasteiger partial charge in [-0.05, 0) is 25.8 Å². The molecule has 2 heterocycles. The molecule has 0 saturated carbocycles. The molecule has 2 N–H and O–H groups in total. The highest BCUT2D eigenvalue weighted by atomic mass is 32.1. The number of nitrogens with one attached hydrogen (secondary N) is 1. The highest BCUT2D eigenvalue weighted by molar-refractivity contribution is 7.12. The van der Waals surface area contributed by atoms with Gasteiger partial charge in [0.15, 0.2) is 5.13 Å². The highest BCUT2D eigenvalue weighted by Gasteiger charge is 2.27. The summed E-state index contributed by atoms with van der Waals surface area (Å²) < 4.78 is 1.90. The van der Waals surface area contributed by atoms with Crippen LogP contribution in [0, 0.1) is 19.8 Å².